The van der Waals surface area contributed by atoms with Crippen LogP contribution in [0.2, 0.25) is 5.28 Å². The zero-order valence-electron chi connectivity index (χ0n) is 11.3. The van der Waals surface area contributed by atoms with Gasteiger partial charge in [0.25, 0.3) is 0 Å². The molecule has 21 heavy (non-hydrogen) atoms. The Labute approximate surface area is 136 Å². The van der Waals surface area contributed by atoms with E-state index in [1.165, 1.54) is 5.56 Å². The number of fused-ring (bicyclic) bond motifs is 1. The Morgan fingerprint density at radius 3 is 2.52 bits per heavy atom. The van der Waals surface area contributed by atoms with Crippen molar-refractivity contribution in [1.29, 1.82) is 0 Å². The minimum Gasteiger partial charge on any atom is -0.363 e. The molecule has 1 heterocycles. The molecule has 3 nitrogen and oxygen atoms in total. The van der Waals surface area contributed by atoms with Gasteiger partial charge in [0.15, 0.2) is 0 Å². The summed E-state index contributed by atoms with van der Waals surface area (Å²) in [4.78, 5) is 8.55. The lowest BCUT2D eigenvalue weighted by molar-refractivity contribution is 0.875. The van der Waals surface area contributed by atoms with Crippen LogP contribution in [-0.4, -0.2) is 9.97 Å². The number of para-hydroxylation sites is 1. The third kappa shape index (κ3) is 3.17. The third-order valence-corrected chi connectivity index (χ3v) is 4.00. The number of aromatic nitrogens is 2. The molecule has 0 aliphatic heterocycles. The highest BCUT2D eigenvalue weighted by Crippen LogP contribution is 2.26. The molecule has 1 aromatic heterocycles. The molecule has 0 radical (unpaired) electrons. The summed E-state index contributed by atoms with van der Waals surface area (Å²) in [5.74, 6) is 0.751. The maximum Gasteiger partial charge on any atom is 0.224 e. The van der Waals surface area contributed by atoms with E-state index < -0.39 is 0 Å². The normalized spacial score (nSPS) is 12.3. The SMILES string of the molecule is CC(Nc1nc(Cl)nc2ccccc12)c1ccc(Br)cc1. The first-order chi connectivity index (χ1) is 10.1. The summed E-state index contributed by atoms with van der Waals surface area (Å²) < 4.78 is 1.06. The Bertz CT molecular complexity index is 774. The first-order valence-corrected chi connectivity index (χ1v) is 7.75. The Balaban J connectivity index is 1.95. The van der Waals surface area contributed by atoms with E-state index in [0.717, 1.165) is 21.2 Å². The van der Waals surface area contributed by atoms with Gasteiger partial charge >= 0.3 is 0 Å². The fourth-order valence-electron chi connectivity index (χ4n) is 2.20. The van der Waals surface area contributed by atoms with Crippen LogP contribution in [0.1, 0.15) is 18.5 Å². The molecule has 1 atom stereocenters. The summed E-state index contributed by atoms with van der Waals surface area (Å²) in [7, 11) is 0. The van der Waals surface area contributed by atoms with Crippen LogP contribution in [0.25, 0.3) is 10.9 Å². The van der Waals surface area contributed by atoms with E-state index >= 15 is 0 Å². The topological polar surface area (TPSA) is 37.8 Å². The highest BCUT2D eigenvalue weighted by atomic mass is 79.9. The molecule has 0 fully saturated rings. The van der Waals surface area contributed by atoms with Crippen LogP contribution < -0.4 is 5.32 Å². The molecule has 5 heteroatoms. The van der Waals surface area contributed by atoms with Crippen molar-refractivity contribution in [3.63, 3.8) is 0 Å². The second kappa shape index (κ2) is 6.00. The van der Waals surface area contributed by atoms with Gasteiger partial charge in [-0.05, 0) is 48.4 Å². The van der Waals surface area contributed by atoms with Crippen molar-refractivity contribution in [3.05, 3.63) is 63.9 Å². The third-order valence-electron chi connectivity index (χ3n) is 3.30. The van der Waals surface area contributed by atoms with Crippen molar-refractivity contribution in [2.75, 3.05) is 5.32 Å². The number of nitrogens with one attached hydrogen (secondary N) is 1. The van der Waals surface area contributed by atoms with E-state index in [0.29, 0.717) is 0 Å². The molecular formula is C16H13BrClN3. The molecule has 1 N–H and O–H groups in total. The average Bonchev–Trinajstić information content (AvgIpc) is 2.47. The number of hydrogen-bond acceptors (Lipinski definition) is 3. The standard InChI is InChI=1S/C16H13BrClN3/c1-10(11-6-8-12(17)9-7-11)19-15-13-4-2-3-5-14(13)20-16(18)21-15/h2-10H,1H3,(H,19,20,21). The van der Waals surface area contributed by atoms with E-state index in [9.17, 15) is 0 Å². The van der Waals surface area contributed by atoms with Crippen molar-refractivity contribution in [1.82, 2.24) is 9.97 Å². The van der Waals surface area contributed by atoms with Crippen LogP contribution in [0.5, 0.6) is 0 Å². The molecule has 0 aliphatic rings. The fraction of sp³-hybridized carbons (Fsp3) is 0.125. The van der Waals surface area contributed by atoms with Crippen LogP contribution in [-0.2, 0) is 0 Å². The Kier molecular flexibility index (Phi) is 4.08. The lowest BCUT2D eigenvalue weighted by Gasteiger charge is -2.16. The van der Waals surface area contributed by atoms with Crippen LogP contribution in [0.15, 0.2) is 53.0 Å². The lowest BCUT2D eigenvalue weighted by atomic mass is 10.1. The summed E-state index contributed by atoms with van der Waals surface area (Å²) in [6.45, 7) is 2.09. The lowest BCUT2D eigenvalue weighted by Crippen LogP contribution is -2.08. The van der Waals surface area contributed by atoms with E-state index in [4.69, 9.17) is 11.6 Å². The summed E-state index contributed by atoms with van der Waals surface area (Å²) in [6, 6.07) is 16.1. The number of anilines is 1. The van der Waals surface area contributed by atoms with Gasteiger partial charge in [0, 0.05) is 15.9 Å². The van der Waals surface area contributed by atoms with Gasteiger partial charge in [-0.2, -0.15) is 0 Å². The van der Waals surface area contributed by atoms with Gasteiger partial charge in [-0.1, -0.05) is 40.2 Å². The maximum atomic E-state index is 6.01. The Hall–Kier alpha value is -1.65. The average molecular weight is 363 g/mol. The first kappa shape index (κ1) is 14.3. The smallest absolute Gasteiger partial charge is 0.224 e. The molecule has 0 saturated heterocycles. The quantitative estimate of drug-likeness (QED) is 0.649. The van der Waals surface area contributed by atoms with Gasteiger partial charge in [-0.25, -0.2) is 9.97 Å². The molecule has 0 amide bonds. The predicted octanol–water partition coefficient (Wildman–Crippen LogP) is 5.22. The van der Waals surface area contributed by atoms with E-state index in [2.05, 4.69) is 50.3 Å². The highest BCUT2D eigenvalue weighted by molar-refractivity contribution is 9.10. The zero-order chi connectivity index (χ0) is 14.8. The van der Waals surface area contributed by atoms with Gasteiger partial charge in [-0.3, -0.25) is 0 Å². The van der Waals surface area contributed by atoms with Crippen molar-refractivity contribution >= 4 is 44.3 Å². The van der Waals surface area contributed by atoms with Crippen LogP contribution in [0, 0.1) is 0 Å². The largest absolute Gasteiger partial charge is 0.363 e. The summed E-state index contributed by atoms with van der Waals surface area (Å²) >= 11 is 9.45. The van der Waals surface area contributed by atoms with Crippen molar-refractivity contribution in [2.24, 2.45) is 0 Å². The van der Waals surface area contributed by atoms with E-state index in [1.807, 2.05) is 36.4 Å². The fourth-order valence-corrected chi connectivity index (χ4v) is 2.64. The molecular weight excluding hydrogens is 350 g/mol. The minimum absolute atomic E-state index is 0.118. The Morgan fingerprint density at radius 1 is 1.05 bits per heavy atom. The number of nitrogens with zero attached hydrogens (tertiary/aromatic N) is 2. The molecule has 106 valence electrons. The van der Waals surface area contributed by atoms with Crippen LogP contribution in [0.3, 0.4) is 0 Å². The number of hydrogen-bond donors (Lipinski definition) is 1. The molecule has 2 aromatic carbocycles. The monoisotopic (exact) mass is 361 g/mol. The molecule has 0 aliphatic carbocycles. The van der Waals surface area contributed by atoms with E-state index in [1.54, 1.807) is 0 Å². The summed E-state index contributed by atoms with van der Waals surface area (Å²) in [5, 5.41) is 4.62. The number of halogens is 2. The van der Waals surface area contributed by atoms with Crippen molar-refractivity contribution in [2.45, 2.75) is 13.0 Å². The van der Waals surface area contributed by atoms with Gasteiger partial charge in [-0.15, -0.1) is 0 Å². The van der Waals surface area contributed by atoms with Crippen molar-refractivity contribution < 1.29 is 0 Å². The zero-order valence-corrected chi connectivity index (χ0v) is 13.7. The predicted molar refractivity (Wildman–Crippen MR) is 90.7 cm³/mol. The molecule has 3 rings (SSSR count). The van der Waals surface area contributed by atoms with Gasteiger partial charge in [0.1, 0.15) is 5.82 Å². The molecule has 0 spiro atoms. The molecule has 0 bridgehead atoms. The molecule has 3 aromatic rings. The van der Waals surface area contributed by atoms with E-state index in [-0.39, 0.29) is 11.3 Å². The highest BCUT2D eigenvalue weighted by Gasteiger charge is 2.10. The second-order valence-corrected chi connectivity index (χ2v) is 6.03. The maximum absolute atomic E-state index is 6.01. The Morgan fingerprint density at radius 2 is 1.76 bits per heavy atom. The molecule has 0 saturated carbocycles. The number of rotatable bonds is 3. The van der Waals surface area contributed by atoms with Crippen LogP contribution >= 0.6 is 27.5 Å². The summed E-state index contributed by atoms with van der Waals surface area (Å²) in [5.41, 5.74) is 2.01. The van der Waals surface area contributed by atoms with Crippen LogP contribution in [0.4, 0.5) is 5.82 Å². The van der Waals surface area contributed by atoms with Crippen molar-refractivity contribution in [3.8, 4) is 0 Å². The first-order valence-electron chi connectivity index (χ1n) is 6.58. The minimum atomic E-state index is 0.118. The molecule has 1 unspecified atom stereocenters. The summed E-state index contributed by atoms with van der Waals surface area (Å²) in [6.07, 6.45) is 0. The van der Waals surface area contributed by atoms with Gasteiger partial charge in [0.2, 0.25) is 5.28 Å². The van der Waals surface area contributed by atoms with Gasteiger partial charge in [0.05, 0.1) is 5.52 Å². The second-order valence-electron chi connectivity index (χ2n) is 4.78. The number of benzene rings is 2. The van der Waals surface area contributed by atoms with Gasteiger partial charge < -0.3 is 5.32 Å².